The number of hydrogen-bond donors (Lipinski definition) is 5. The van der Waals surface area contributed by atoms with Gasteiger partial charge < -0.3 is 25.5 Å². The van der Waals surface area contributed by atoms with Crippen LogP contribution in [0.2, 0.25) is 0 Å². The van der Waals surface area contributed by atoms with Crippen LogP contribution in [0.25, 0.3) is 0 Å². The van der Waals surface area contributed by atoms with Crippen molar-refractivity contribution in [3.05, 3.63) is 0 Å². The Labute approximate surface area is 95.8 Å². The Morgan fingerprint density at radius 3 is 1.50 bits per heavy atom. The lowest BCUT2D eigenvalue weighted by Gasteiger charge is -2.46. The van der Waals surface area contributed by atoms with Crippen molar-refractivity contribution in [2.24, 2.45) is 0 Å². The van der Waals surface area contributed by atoms with Gasteiger partial charge in [-0.2, -0.15) is 0 Å². The lowest BCUT2D eigenvalue weighted by molar-refractivity contribution is -0.124. The van der Waals surface area contributed by atoms with Gasteiger partial charge in [-0.05, 0) is 13.8 Å². The Bertz CT molecular complexity index is 172. The lowest BCUT2D eigenvalue weighted by Crippen LogP contribution is -2.65. The maximum atomic E-state index is 9.73. The fraction of sp³-hybridized carbons (Fsp3) is 1.00. The zero-order chi connectivity index (χ0) is 12.8. The normalized spacial score (nSPS) is 19.5. The Morgan fingerprint density at radius 1 is 0.938 bits per heavy atom. The molecule has 0 heterocycles. The number of aliphatic hydroxyl groups is 5. The van der Waals surface area contributed by atoms with Crippen molar-refractivity contribution in [2.75, 3.05) is 32.9 Å². The van der Waals surface area contributed by atoms with E-state index in [-0.39, 0.29) is 26.3 Å². The van der Waals surface area contributed by atoms with Gasteiger partial charge in [-0.25, -0.2) is 0 Å². The molecule has 0 aliphatic heterocycles. The predicted octanol–water partition coefficient (Wildman–Crippen LogP) is -2.23. The molecule has 0 aromatic heterocycles. The first-order valence-corrected chi connectivity index (χ1v) is 5.41. The predicted molar refractivity (Wildman–Crippen MR) is 58.9 cm³/mol. The zero-order valence-corrected chi connectivity index (χ0v) is 9.87. The summed E-state index contributed by atoms with van der Waals surface area (Å²) in [5.41, 5.74) is -1.26. The molecule has 0 aromatic rings. The first kappa shape index (κ1) is 15.8. The molecule has 0 aliphatic carbocycles. The first-order valence-electron chi connectivity index (χ1n) is 5.41. The zero-order valence-electron chi connectivity index (χ0n) is 9.87. The maximum Gasteiger partial charge on any atom is 0.0959 e. The molecule has 0 aromatic carbocycles. The smallest absolute Gasteiger partial charge is 0.0959 e. The maximum absolute atomic E-state index is 9.73. The molecule has 0 aliphatic rings. The van der Waals surface area contributed by atoms with Gasteiger partial charge in [0.1, 0.15) is 0 Å². The summed E-state index contributed by atoms with van der Waals surface area (Å²) >= 11 is 0. The molecule has 5 N–H and O–H groups in total. The number of aliphatic hydroxyl groups excluding tert-OH is 5. The first-order chi connectivity index (χ1) is 7.47. The van der Waals surface area contributed by atoms with Crippen molar-refractivity contribution in [3.8, 4) is 0 Å². The third-order valence-corrected chi connectivity index (χ3v) is 3.03. The van der Waals surface area contributed by atoms with Crippen molar-refractivity contribution in [1.82, 2.24) is 4.90 Å². The van der Waals surface area contributed by atoms with E-state index in [2.05, 4.69) is 0 Å². The van der Waals surface area contributed by atoms with E-state index in [1.54, 1.807) is 0 Å². The SMILES string of the molecule is CC(O)C(CO)(C(C)O)N(CCO)CCO. The number of nitrogens with zero attached hydrogens (tertiary/aromatic N) is 1. The molecule has 0 rings (SSSR count). The van der Waals surface area contributed by atoms with Crippen LogP contribution < -0.4 is 0 Å². The van der Waals surface area contributed by atoms with Gasteiger partial charge in [-0.3, -0.25) is 4.90 Å². The molecular formula is C10H23NO5. The highest BCUT2D eigenvalue weighted by Gasteiger charge is 2.44. The molecule has 0 spiro atoms. The molecule has 2 atom stereocenters. The molecule has 16 heavy (non-hydrogen) atoms. The van der Waals surface area contributed by atoms with E-state index in [0.29, 0.717) is 0 Å². The fourth-order valence-corrected chi connectivity index (χ4v) is 2.01. The Kier molecular flexibility index (Phi) is 7.05. The van der Waals surface area contributed by atoms with Crippen LogP contribution in [0, 0.1) is 0 Å². The molecule has 6 heteroatoms. The third-order valence-electron chi connectivity index (χ3n) is 3.03. The molecule has 0 saturated carbocycles. The molecule has 0 saturated heterocycles. The van der Waals surface area contributed by atoms with Crippen LogP contribution in [0.15, 0.2) is 0 Å². The van der Waals surface area contributed by atoms with E-state index < -0.39 is 24.4 Å². The average molecular weight is 237 g/mol. The second kappa shape index (κ2) is 7.16. The Hall–Kier alpha value is -0.240. The summed E-state index contributed by atoms with van der Waals surface area (Å²) in [7, 11) is 0. The monoisotopic (exact) mass is 237 g/mol. The highest BCUT2D eigenvalue weighted by molar-refractivity contribution is 4.99. The van der Waals surface area contributed by atoms with Gasteiger partial charge in [0.2, 0.25) is 0 Å². The van der Waals surface area contributed by atoms with Crippen LogP contribution >= 0.6 is 0 Å². The van der Waals surface area contributed by atoms with Crippen LogP contribution in [0.5, 0.6) is 0 Å². The number of rotatable bonds is 8. The van der Waals surface area contributed by atoms with Gasteiger partial charge in [0.15, 0.2) is 0 Å². The van der Waals surface area contributed by atoms with E-state index in [4.69, 9.17) is 10.2 Å². The molecular weight excluding hydrogens is 214 g/mol. The third kappa shape index (κ3) is 3.13. The van der Waals surface area contributed by atoms with E-state index in [9.17, 15) is 15.3 Å². The largest absolute Gasteiger partial charge is 0.395 e. The number of β-amino-alcohol motifs (C(OH)–C–C–N with tert-alkyl or cyclic N) is 2. The topological polar surface area (TPSA) is 104 Å². The fourth-order valence-electron chi connectivity index (χ4n) is 2.01. The van der Waals surface area contributed by atoms with Crippen LogP contribution in [0.4, 0.5) is 0 Å². The molecule has 0 radical (unpaired) electrons. The van der Waals surface area contributed by atoms with Crippen LogP contribution in [-0.4, -0.2) is 81.1 Å². The molecule has 2 unspecified atom stereocenters. The van der Waals surface area contributed by atoms with E-state index in [0.717, 1.165) is 0 Å². The summed E-state index contributed by atoms with van der Waals surface area (Å²) < 4.78 is 0. The highest BCUT2D eigenvalue weighted by Crippen LogP contribution is 2.24. The quantitative estimate of drug-likeness (QED) is 0.327. The lowest BCUT2D eigenvalue weighted by atomic mass is 9.86. The molecule has 0 fully saturated rings. The van der Waals surface area contributed by atoms with E-state index in [1.165, 1.54) is 18.7 Å². The van der Waals surface area contributed by atoms with Crippen LogP contribution in [-0.2, 0) is 0 Å². The van der Waals surface area contributed by atoms with Crippen LogP contribution in [0.1, 0.15) is 13.8 Å². The number of hydrogen-bond acceptors (Lipinski definition) is 6. The summed E-state index contributed by atoms with van der Waals surface area (Å²) in [6.07, 6.45) is -1.98. The summed E-state index contributed by atoms with van der Waals surface area (Å²) in [4.78, 5) is 1.50. The van der Waals surface area contributed by atoms with Crippen molar-refractivity contribution in [2.45, 2.75) is 31.6 Å². The highest BCUT2D eigenvalue weighted by atomic mass is 16.3. The Morgan fingerprint density at radius 2 is 1.31 bits per heavy atom. The van der Waals surface area contributed by atoms with Gasteiger partial charge in [-0.15, -0.1) is 0 Å². The van der Waals surface area contributed by atoms with Gasteiger partial charge in [0.05, 0.1) is 37.6 Å². The van der Waals surface area contributed by atoms with E-state index >= 15 is 0 Å². The molecule has 98 valence electrons. The van der Waals surface area contributed by atoms with Gasteiger partial charge in [0, 0.05) is 13.1 Å². The minimum absolute atomic E-state index is 0.164. The second-order valence-corrected chi connectivity index (χ2v) is 3.94. The average Bonchev–Trinajstić information content (AvgIpc) is 2.19. The van der Waals surface area contributed by atoms with Crippen molar-refractivity contribution in [1.29, 1.82) is 0 Å². The summed E-state index contributed by atoms with van der Waals surface area (Å²) in [6.45, 7) is 2.44. The second-order valence-electron chi connectivity index (χ2n) is 3.94. The summed E-state index contributed by atoms with van der Waals surface area (Å²) in [5.74, 6) is 0. The summed E-state index contributed by atoms with van der Waals surface area (Å²) in [6, 6.07) is 0. The molecule has 6 nitrogen and oxygen atoms in total. The Balaban J connectivity index is 5.07. The van der Waals surface area contributed by atoms with Crippen molar-refractivity contribution in [3.63, 3.8) is 0 Å². The summed E-state index contributed by atoms with van der Waals surface area (Å²) in [5, 5.41) is 46.7. The minimum Gasteiger partial charge on any atom is -0.395 e. The minimum atomic E-state index is -1.26. The van der Waals surface area contributed by atoms with Gasteiger partial charge in [-0.1, -0.05) is 0 Å². The van der Waals surface area contributed by atoms with Crippen molar-refractivity contribution < 1.29 is 25.5 Å². The molecule has 0 bridgehead atoms. The van der Waals surface area contributed by atoms with Gasteiger partial charge >= 0.3 is 0 Å². The molecule has 0 amide bonds. The standard InChI is InChI=1S/C10H23NO5/c1-8(15)10(7-14,9(2)16)11(3-5-12)4-6-13/h8-9,12-16H,3-7H2,1-2H3. The van der Waals surface area contributed by atoms with Crippen LogP contribution in [0.3, 0.4) is 0 Å². The van der Waals surface area contributed by atoms with Crippen molar-refractivity contribution >= 4 is 0 Å². The van der Waals surface area contributed by atoms with E-state index in [1.807, 2.05) is 0 Å². The van der Waals surface area contributed by atoms with Gasteiger partial charge in [0.25, 0.3) is 0 Å².